The Morgan fingerprint density at radius 1 is 1.50 bits per heavy atom. The van der Waals surface area contributed by atoms with Crippen LogP contribution in [0.25, 0.3) is 0 Å². The lowest BCUT2D eigenvalue weighted by atomic mass is 10.1. The van der Waals surface area contributed by atoms with Crippen molar-refractivity contribution in [3.05, 3.63) is 44.6 Å². The summed E-state index contributed by atoms with van der Waals surface area (Å²) in [5, 5.41) is 19.3. The zero-order valence-electron chi connectivity index (χ0n) is 10.5. The maximum Gasteiger partial charge on any atom is 0.274 e. The van der Waals surface area contributed by atoms with E-state index >= 15 is 0 Å². The Labute approximate surface area is 119 Å². The van der Waals surface area contributed by atoms with Gasteiger partial charge in [-0.2, -0.15) is 0 Å². The Morgan fingerprint density at radius 2 is 2.25 bits per heavy atom. The Morgan fingerprint density at radius 3 is 2.90 bits per heavy atom. The number of nitro benzene ring substituents is 1. The molecule has 7 nitrogen and oxygen atoms in total. The summed E-state index contributed by atoms with van der Waals surface area (Å²) in [5.74, 6) is 0.764. The fourth-order valence-electron chi connectivity index (χ4n) is 2.25. The fourth-order valence-corrected chi connectivity index (χ4v) is 2.44. The van der Waals surface area contributed by atoms with E-state index in [9.17, 15) is 10.1 Å². The predicted octanol–water partition coefficient (Wildman–Crippen LogP) is 2.35. The third-order valence-corrected chi connectivity index (χ3v) is 3.56. The molecular formula is C12H12ClN5O2. The Hall–Kier alpha value is -2.15. The van der Waals surface area contributed by atoms with Gasteiger partial charge in [0.05, 0.1) is 22.7 Å². The summed E-state index contributed by atoms with van der Waals surface area (Å²) in [5.41, 5.74) is 7.18. The van der Waals surface area contributed by atoms with E-state index in [-0.39, 0.29) is 12.2 Å². The summed E-state index contributed by atoms with van der Waals surface area (Å²) in [4.78, 5) is 10.6. The highest BCUT2D eigenvalue weighted by atomic mass is 35.5. The van der Waals surface area contributed by atoms with Crippen molar-refractivity contribution in [3.63, 3.8) is 0 Å². The van der Waals surface area contributed by atoms with E-state index in [4.69, 9.17) is 17.3 Å². The van der Waals surface area contributed by atoms with E-state index in [2.05, 4.69) is 10.3 Å². The first-order valence-electron chi connectivity index (χ1n) is 6.18. The van der Waals surface area contributed by atoms with Crippen molar-refractivity contribution >= 4 is 23.1 Å². The number of nitrogens with two attached hydrogens (primary N) is 1. The van der Waals surface area contributed by atoms with Crippen LogP contribution in [0, 0.1) is 10.1 Å². The number of nitrogen functional groups attached to an aromatic ring is 1. The van der Waals surface area contributed by atoms with Crippen molar-refractivity contribution in [1.29, 1.82) is 0 Å². The van der Waals surface area contributed by atoms with Gasteiger partial charge in [0.1, 0.15) is 0 Å². The molecule has 0 amide bonds. The first kappa shape index (κ1) is 12.9. The number of nitrogens with zero attached hydrogens (tertiary/aromatic N) is 4. The molecule has 1 aromatic heterocycles. The van der Waals surface area contributed by atoms with Gasteiger partial charge in [0.15, 0.2) is 5.82 Å². The molecule has 0 atom stereocenters. The first-order chi connectivity index (χ1) is 9.56. The maximum atomic E-state index is 11.1. The minimum absolute atomic E-state index is 0.0187. The van der Waals surface area contributed by atoms with E-state index < -0.39 is 4.92 Å². The van der Waals surface area contributed by atoms with Crippen LogP contribution < -0.4 is 5.73 Å². The van der Waals surface area contributed by atoms with Gasteiger partial charge in [-0.05, 0) is 25.0 Å². The normalized spacial score (nSPS) is 14.4. The largest absolute Gasteiger partial charge is 0.381 e. The molecule has 104 valence electrons. The number of rotatable bonds is 4. The molecule has 1 aromatic carbocycles. The molecule has 0 saturated heterocycles. The summed E-state index contributed by atoms with van der Waals surface area (Å²) in [6, 6.07) is 4.48. The van der Waals surface area contributed by atoms with Crippen molar-refractivity contribution in [1.82, 2.24) is 15.0 Å². The van der Waals surface area contributed by atoms with Crippen LogP contribution in [0.1, 0.15) is 30.0 Å². The van der Waals surface area contributed by atoms with E-state index in [0.717, 1.165) is 18.5 Å². The summed E-state index contributed by atoms with van der Waals surface area (Å²) in [6.07, 6.45) is 2.10. The minimum atomic E-state index is -0.428. The Kier molecular flexibility index (Phi) is 3.06. The van der Waals surface area contributed by atoms with E-state index in [1.165, 1.54) is 12.1 Å². The smallest absolute Gasteiger partial charge is 0.274 e. The van der Waals surface area contributed by atoms with Crippen molar-refractivity contribution in [2.75, 3.05) is 5.73 Å². The van der Waals surface area contributed by atoms with Crippen LogP contribution in [0.4, 0.5) is 11.5 Å². The highest BCUT2D eigenvalue weighted by molar-refractivity contribution is 6.30. The molecule has 0 spiro atoms. The molecule has 0 unspecified atom stereocenters. The number of anilines is 1. The highest BCUT2D eigenvalue weighted by Gasteiger charge is 2.31. The molecule has 1 aliphatic rings. The molecule has 0 aliphatic heterocycles. The topological polar surface area (TPSA) is 99.9 Å². The van der Waals surface area contributed by atoms with Crippen LogP contribution in [-0.2, 0) is 6.54 Å². The average molecular weight is 294 g/mol. The van der Waals surface area contributed by atoms with Gasteiger partial charge in [-0.3, -0.25) is 10.1 Å². The molecule has 2 N–H and O–H groups in total. The van der Waals surface area contributed by atoms with Crippen molar-refractivity contribution in [3.8, 4) is 0 Å². The second-order valence-corrected chi connectivity index (χ2v) is 5.26. The van der Waals surface area contributed by atoms with Gasteiger partial charge in [-0.15, -0.1) is 5.10 Å². The quantitative estimate of drug-likeness (QED) is 0.689. The summed E-state index contributed by atoms with van der Waals surface area (Å²) >= 11 is 5.92. The van der Waals surface area contributed by atoms with Gasteiger partial charge < -0.3 is 5.73 Å². The third-order valence-electron chi connectivity index (χ3n) is 3.32. The van der Waals surface area contributed by atoms with Crippen LogP contribution in [-0.4, -0.2) is 19.9 Å². The molecule has 0 radical (unpaired) electrons. The molecule has 20 heavy (non-hydrogen) atoms. The Bertz CT molecular complexity index is 680. The van der Waals surface area contributed by atoms with Gasteiger partial charge in [0.2, 0.25) is 0 Å². The number of benzene rings is 1. The first-order valence-corrected chi connectivity index (χ1v) is 6.55. The molecule has 1 saturated carbocycles. The maximum absolute atomic E-state index is 11.1. The lowest BCUT2D eigenvalue weighted by Crippen LogP contribution is -2.08. The zero-order valence-corrected chi connectivity index (χ0v) is 11.2. The molecule has 3 rings (SSSR count). The van der Waals surface area contributed by atoms with Crippen molar-refractivity contribution in [2.45, 2.75) is 25.3 Å². The van der Waals surface area contributed by atoms with Gasteiger partial charge in [-0.25, -0.2) is 4.68 Å². The van der Waals surface area contributed by atoms with Crippen LogP contribution in [0.15, 0.2) is 18.2 Å². The molecule has 1 aliphatic carbocycles. The molecular weight excluding hydrogens is 282 g/mol. The number of halogens is 1. The standard InChI is InChI=1S/C12H12ClN5O2/c13-9-3-4-10(18(19)20)8(5-9)6-17-11(7-1-2-7)12(14)15-16-17/h3-5,7H,1-2,6,14H2. The number of aromatic nitrogens is 3. The van der Waals surface area contributed by atoms with Crippen LogP contribution in [0.3, 0.4) is 0 Å². The zero-order chi connectivity index (χ0) is 14.3. The third kappa shape index (κ3) is 2.32. The second-order valence-electron chi connectivity index (χ2n) is 4.82. The summed E-state index contributed by atoms with van der Waals surface area (Å²) in [6.45, 7) is 0.243. The molecule has 1 heterocycles. The Balaban J connectivity index is 1.99. The lowest BCUT2D eigenvalue weighted by Gasteiger charge is -2.07. The summed E-state index contributed by atoms with van der Waals surface area (Å²) in [7, 11) is 0. The SMILES string of the molecule is Nc1nnn(Cc2cc(Cl)ccc2[N+](=O)[O-])c1C1CC1. The van der Waals surface area contributed by atoms with E-state index in [1.807, 2.05) is 0 Å². The number of hydrogen-bond acceptors (Lipinski definition) is 5. The lowest BCUT2D eigenvalue weighted by molar-refractivity contribution is -0.385. The highest BCUT2D eigenvalue weighted by Crippen LogP contribution is 2.42. The van der Waals surface area contributed by atoms with Crippen LogP contribution in [0.2, 0.25) is 5.02 Å². The van der Waals surface area contributed by atoms with E-state index in [1.54, 1.807) is 10.7 Å². The van der Waals surface area contributed by atoms with Crippen molar-refractivity contribution in [2.24, 2.45) is 0 Å². The number of hydrogen-bond donors (Lipinski definition) is 1. The van der Waals surface area contributed by atoms with Crippen LogP contribution in [0.5, 0.6) is 0 Å². The monoisotopic (exact) mass is 293 g/mol. The predicted molar refractivity (Wildman–Crippen MR) is 73.6 cm³/mol. The second kappa shape index (κ2) is 4.75. The van der Waals surface area contributed by atoms with Gasteiger partial charge in [0, 0.05) is 17.0 Å². The molecule has 1 fully saturated rings. The van der Waals surface area contributed by atoms with Gasteiger partial charge in [0.25, 0.3) is 5.69 Å². The molecule has 0 bridgehead atoms. The van der Waals surface area contributed by atoms with Crippen molar-refractivity contribution < 1.29 is 4.92 Å². The molecule has 8 heteroatoms. The minimum Gasteiger partial charge on any atom is -0.381 e. The van der Waals surface area contributed by atoms with E-state index in [0.29, 0.717) is 22.3 Å². The fraction of sp³-hybridized carbons (Fsp3) is 0.333. The van der Waals surface area contributed by atoms with Gasteiger partial charge in [-0.1, -0.05) is 16.8 Å². The molecule has 2 aromatic rings. The number of nitro groups is 1. The summed E-state index contributed by atoms with van der Waals surface area (Å²) < 4.78 is 1.63. The average Bonchev–Trinajstić information content (AvgIpc) is 3.15. The van der Waals surface area contributed by atoms with Gasteiger partial charge >= 0.3 is 0 Å². The van der Waals surface area contributed by atoms with Crippen LogP contribution >= 0.6 is 11.6 Å².